The summed E-state index contributed by atoms with van der Waals surface area (Å²) >= 11 is 0. The van der Waals surface area contributed by atoms with E-state index in [4.69, 9.17) is 5.73 Å². The first-order chi connectivity index (χ1) is 13.5. The number of primary amides is 1. The van der Waals surface area contributed by atoms with Crippen LogP contribution in [-0.4, -0.2) is 67.2 Å². The molecule has 160 valence electrons. The van der Waals surface area contributed by atoms with Crippen LogP contribution >= 0.6 is 0 Å². The predicted octanol–water partition coefficient (Wildman–Crippen LogP) is 0.382. The van der Waals surface area contributed by atoms with Crippen molar-refractivity contribution in [3.8, 4) is 0 Å². The van der Waals surface area contributed by atoms with Crippen molar-refractivity contribution >= 4 is 11.8 Å². The van der Waals surface area contributed by atoms with Gasteiger partial charge in [-0.1, -0.05) is 0 Å². The van der Waals surface area contributed by atoms with Gasteiger partial charge in [0.2, 0.25) is 0 Å². The van der Waals surface area contributed by atoms with E-state index in [2.05, 4.69) is 4.98 Å². The summed E-state index contributed by atoms with van der Waals surface area (Å²) in [6, 6.07) is 0. The van der Waals surface area contributed by atoms with Gasteiger partial charge in [0, 0.05) is 26.1 Å². The van der Waals surface area contributed by atoms with Gasteiger partial charge in [-0.15, -0.1) is 0 Å². The molecule has 3 atom stereocenters. The van der Waals surface area contributed by atoms with E-state index in [0.29, 0.717) is 24.2 Å². The maximum absolute atomic E-state index is 15.0. The molecule has 2 heterocycles. The Morgan fingerprint density at radius 2 is 1.93 bits per heavy atom. The number of imidazole rings is 1. The monoisotopic (exact) mass is 412 g/mol. The number of alkyl halides is 2. The third kappa shape index (κ3) is 3.13. The zero-order valence-corrected chi connectivity index (χ0v) is 16.2. The summed E-state index contributed by atoms with van der Waals surface area (Å²) in [6.07, 6.45) is 1.64. The van der Waals surface area contributed by atoms with E-state index in [1.807, 2.05) is 0 Å². The van der Waals surface area contributed by atoms with Crippen molar-refractivity contribution in [2.45, 2.75) is 55.6 Å². The number of halogens is 2. The number of hydrogen-bond donors (Lipinski definition) is 3. The van der Waals surface area contributed by atoms with Crippen LogP contribution in [0.2, 0.25) is 0 Å². The standard InChI is InChI=1S/C19H26F2N4O4/c1-24-9-23-14(15(24)16(22)27)10-4-11-6-18(29,7-12(11)5-10)19(20,21)17(28)25-3-2-13(26)8-25/h9-13,26,29H,2-8H2,1H3,(H2,22,27). The van der Waals surface area contributed by atoms with Gasteiger partial charge in [-0.2, -0.15) is 8.78 Å². The number of aliphatic hydroxyl groups is 2. The first-order valence-electron chi connectivity index (χ1n) is 9.92. The second-order valence-electron chi connectivity index (χ2n) is 8.85. The highest BCUT2D eigenvalue weighted by Crippen LogP contribution is 2.57. The fraction of sp³-hybridized carbons (Fsp3) is 0.737. The van der Waals surface area contributed by atoms with Crippen molar-refractivity contribution in [1.29, 1.82) is 0 Å². The Labute approximate surface area is 166 Å². The van der Waals surface area contributed by atoms with Gasteiger partial charge in [-0.3, -0.25) is 9.59 Å². The Morgan fingerprint density at radius 3 is 2.45 bits per heavy atom. The third-order valence-electron chi connectivity index (χ3n) is 6.93. The molecule has 2 saturated carbocycles. The minimum atomic E-state index is -3.90. The lowest BCUT2D eigenvalue weighted by Gasteiger charge is -2.34. The molecular weight excluding hydrogens is 386 g/mol. The number of carbonyl (C=O) groups is 2. The van der Waals surface area contributed by atoms with E-state index in [1.54, 1.807) is 11.6 Å². The van der Waals surface area contributed by atoms with Crippen LogP contribution in [0.1, 0.15) is 54.2 Å². The van der Waals surface area contributed by atoms with Crippen molar-refractivity contribution in [2.75, 3.05) is 13.1 Å². The lowest BCUT2D eigenvalue weighted by atomic mass is 9.87. The molecule has 3 aliphatic rings. The molecule has 10 heteroatoms. The van der Waals surface area contributed by atoms with Gasteiger partial charge >= 0.3 is 5.92 Å². The summed E-state index contributed by atoms with van der Waals surface area (Å²) in [5.74, 6) is -6.35. The van der Waals surface area contributed by atoms with Gasteiger partial charge in [0.1, 0.15) is 11.3 Å². The van der Waals surface area contributed by atoms with Gasteiger partial charge in [-0.25, -0.2) is 4.98 Å². The Morgan fingerprint density at radius 1 is 1.31 bits per heavy atom. The number of nitrogens with two attached hydrogens (primary N) is 1. The number of β-amino-alcohol motifs (C(OH)–C–C–N with tert-alkyl or cyclic N) is 1. The van der Waals surface area contributed by atoms with Crippen LogP contribution in [0, 0.1) is 11.8 Å². The van der Waals surface area contributed by atoms with Crippen molar-refractivity contribution in [3.05, 3.63) is 17.7 Å². The van der Waals surface area contributed by atoms with Gasteiger partial charge in [0.05, 0.1) is 18.1 Å². The number of aromatic nitrogens is 2. The highest BCUT2D eigenvalue weighted by molar-refractivity contribution is 5.92. The molecule has 1 aromatic heterocycles. The van der Waals surface area contributed by atoms with E-state index < -0.39 is 29.4 Å². The number of hydrogen-bond acceptors (Lipinski definition) is 5. The summed E-state index contributed by atoms with van der Waals surface area (Å²) in [6.45, 7) is -0.0643. The number of rotatable bonds is 4. The summed E-state index contributed by atoms with van der Waals surface area (Å²) in [5, 5.41) is 20.3. The second-order valence-corrected chi connectivity index (χ2v) is 8.85. The van der Waals surface area contributed by atoms with Crippen LogP contribution in [0.3, 0.4) is 0 Å². The minimum absolute atomic E-state index is 0.0656. The molecule has 4 rings (SSSR count). The molecule has 0 spiro atoms. The molecule has 1 aromatic rings. The van der Waals surface area contributed by atoms with Gasteiger partial charge < -0.3 is 25.4 Å². The van der Waals surface area contributed by atoms with E-state index in [-0.39, 0.29) is 50.1 Å². The molecule has 8 nitrogen and oxygen atoms in total. The molecule has 0 bridgehead atoms. The molecule has 0 aromatic carbocycles. The minimum Gasteiger partial charge on any atom is -0.391 e. The Balaban J connectivity index is 1.48. The molecule has 2 amide bonds. The SMILES string of the molecule is Cn1cnc(C2CC3CC(O)(C(F)(F)C(=O)N4CCC(O)C4)CC3C2)c1C(N)=O. The number of aliphatic hydroxyl groups excluding tert-OH is 1. The maximum atomic E-state index is 15.0. The molecule has 29 heavy (non-hydrogen) atoms. The number of amides is 2. The van der Waals surface area contributed by atoms with Gasteiger partial charge in [-0.05, 0) is 43.9 Å². The molecule has 4 N–H and O–H groups in total. The molecule has 0 radical (unpaired) electrons. The first kappa shape index (κ1) is 20.2. The maximum Gasteiger partial charge on any atom is 0.352 e. The number of aryl methyl sites for hydroxylation is 1. The lowest BCUT2D eigenvalue weighted by Crippen LogP contribution is -2.57. The van der Waals surface area contributed by atoms with Crippen LogP contribution < -0.4 is 5.73 Å². The number of carbonyl (C=O) groups excluding carboxylic acids is 2. The van der Waals surface area contributed by atoms with Gasteiger partial charge in [0.15, 0.2) is 0 Å². The van der Waals surface area contributed by atoms with Crippen LogP contribution in [0.25, 0.3) is 0 Å². The van der Waals surface area contributed by atoms with Crippen molar-refractivity contribution in [2.24, 2.45) is 24.6 Å². The van der Waals surface area contributed by atoms with E-state index in [9.17, 15) is 28.6 Å². The average molecular weight is 412 g/mol. The van der Waals surface area contributed by atoms with Crippen molar-refractivity contribution in [1.82, 2.24) is 14.5 Å². The zero-order chi connectivity index (χ0) is 21.1. The summed E-state index contributed by atoms with van der Waals surface area (Å²) in [7, 11) is 1.67. The average Bonchev–Trinajstić information content (AvgIpc) is 3.36. The summed E-state index contributed by atoms with van der Waals surface area (Å²) < 4.78 is 31.5. The predicted molar refractivity (Wildman–Crippen MR) is 97.0 cm³/mol. The first-order valence-corrected chi connectivity index (χ1v) is 9.92. The quantitative estimate of drug-likeness (QED) is 0.660. The third-order valence-corrected chi connectivity index (χ3v) is 6.93. The molecular formula is C19H26F2N4O4. The lowest BCUT2D eigenvalue weighted by molar-refractivity contribution is -0.201. The smallest absolute Gasteiger partial charge is 0.352 e. The topological polar surface area (TPSA) is 122 Å². The Hall–Kier alpha value is -2.07. The van der Waals surface area contributed by atoms with Crippen LogP contribution in [0.4, 0.5) is 8.78 Å². The van der Waals surface area contributed by atoms with Crippen molar-refractivity contribution in [3.63, 3.8) is 0 Å². The number of nitrogens with zero attached hydrogens (tertiary/aromatic N) is 3. The molecule has 1 aliphatic heterocycles. The molecule has 2 aliphatic carbocycles. The zero-order valence-electron chi connectivity index (χ0n) is 16.2. The molecule has 1 saturated heterocycles. The van der Waals surface area contributed by atoms with Crippen LogP contribution in [-0.2, 0) is 11.8 Å². The van der Waals surface area contributed by atoms with Crippen molar-refractivity contribution < 1.29 is 28.6 Å². The van der Waals surface area contributed by atoms with E-state index in [0.717, 1.165) is 4.90 Å². The van der Waals surface area contributed by atoms with Gasteiger partial charge in [0.25, 0.3) is 11.8 Å². The largest absolute Gasteiger partial charge is 0.391 e. The fourth-order valence-electron chi connectivity index (χ4n) is 5.51. The van der Waals surface area contributed by atoms with Crippen LogP contribution in [0.5, 0.6) is 0 Å². The highest BCUT2D eigenvalue weighted by atomic mass is 19.3. The summed E-state index contributed by atoms with van der Waals surface area (Å²) in [5.41, 5.74) is 3.95. The molecule has 3 fully saturated rings. The molecule has 3 unspecified atom stereocenters. The normalized spacial score (nSPS) is 34.6. The van der Waals surface area contributed by atoms with Crippen LogP contribution in [0.15, 0.2) is 6.33 Å². The Kier molecular flexibility index (Phi) is 4.69. The van der Waals surface area contributed by atoms with E-state index in [1.165, 1.54) is 6.33 Å². The second kappa shape index (κ2) is 6.73. The highest BCUT2D eigenvalue weighted by Gasteiger charge is 2.65. The number of likely N-dealkylation sites (tertiary alicyclic amines) is 1. The number of fused-ring (bicyclic) bond motifs is 1. The summed E-state index contributed by atoms with van der Waals surface area (Å²) in [4.78, 5) is 29.3. The Bertz CT molecular complexity index is 828. The fourth-order valence-corrected chi connectivity index (χ4v) is 5.51. The van der Waals surface area contributed by atoms with E-state index >= 15 is 0 Å².